The number of pyridine rings is 1. The lowest BCUT2D eigenvalue weighted by Gasteiger charge is -2.24. The minimum absolute atomic E-state index is 0.0141. The van der Waals surface area contributed by atoms with E-state index in [0.29, 0.717) is 0 Å². The first-order valence-corrected chi connectivity index (χ1v) is 8.19. The molecule has 1 aromatic heterocycles. The van der Waals surface area contributed by atoms with Crippen LogP contribution in [-0.2, 0) is 6.61 Å². The van der Waals surface area contributed by atoms with Crippen LogP contribution < -0.4 is 5.32 Å². The van der Waals surface area contributed by atoms with Crippen LogP contribution >= 0.6 is 0 Å². The Bertz CT molecular complexity index is 720. The number of benzene rings is 2. The van der Waals surface area contributed by atoms with E-state index in [9.17, 15) is 5.11 Å². The van der Waals surface area contributed by atoms with E-state index in [1.165, 1.54) is 5.56 Å². The van der Waals surface area contributed by atoms with Gasteiger partial charge >= 0.3 is 0 Å². The molecule has 1 heterocycles. The summed E-state index contributed by atoms with van der Waals surface area (Å²) >= 11 is 0. The molecule has 0 bridgehead atoms. The van der Waals surface area contributed by atoms with Gasteiger partial charge in [0, 0.05) is 12.2 Å². The van der Waals surface area contributed by atoms with Crippen molar-refractivity contribution in [2.24, 2.45) is 0 Å². The number of nitrogens with zero attached hydrogens (tertiary/aromatic N) is 1. The van der Waals surface area contributed by atoms with Crippen molar-refractivity contribution in [2.75, 3.05) is 0 Å². The van der Waals surface area contributed by atoms with Crippen molar-refractivity contribution in [3.8, 4) is 0 Å². The number of hydrogen-bond donors (Lipinski definition) is 2. The molecular weight excluding hydrogens is 296 g/mol. The van der Waals surface area contributed by atoms with Crippen LogP contribution in [0.5, 0.6) is 0 Å². The van der Waals surface area contributed by atoms with Crippen molar-refractivity contribution >= 4 is 0 Å². The standard InChI is InChI=1S/C21H22N2O/c1-16(19-11-7-8-17(14-19)15-24)23-21(18-9-3-2-4-10-18)20-12-5-6-13-22-20/h2-14,16,21,23-24H,15H2,1H3. The predicted octanol–water partition coefficient (Wildman–Crippen LogP) is 4.01. The predicted molar refractivity (Wildman–Crippen MR) is 96.4 cm³/mol. The molecule has 2 aromatic carbocycles. The summed E-state index contributed by atoms with van der Waals surface area (Å²) in [5.74, 6) is 0. The fourth-order valence-electron chi connectivity index (χ4n) is 2.85. The summed E-state index contributed by atoms with van der Waals surface area (Å²) in [6, 6.07) is 24.5. The van der Waals surface area contributed by atoms with Crippen molar-refractivity contribution in [3.05, 3.63) is 101 Å². The normalized spacial score (nSPS) is 13.4. The van der Waals surface area contributed by atoms with E-state index in [2.05, 4.69) is 35.4 Å². The first-order valence-electron chi connectivity index (χ1n) is 8.19. The highest BCUT2D eigenvalue weighted by Gasteiger charge is 2.18. The smallest absolute Gasteiger partial charge is 0.0756 e. The Labute approximate surface area is 143 Å². The molecule has 3 rings (SSSR count). The minimum atomic E-state index is 0.0141. The Morgan fingerprint density at radius 2 is 1.67 bits per heavy atom. The molecule has 2 atom stereocenters. The molecule has 122 valence electrons. The molecule has 0 aliphatic carbocycles. The third-order valence-electron chi connectivity index (χ3n) is 4.17. The molecule has 3 nitrogen and oxygen atoms in total. The Morgan fingerprint density at radius 1 is 0.917 bits per heavy atom. The van der Waals surface area contributed by atoms with Gasteiger partial charge in [-0.1, -0.05) is 60.7 Å². The lowest BCUT2D eigenvalue weighted by molar-refractivity contribution is 0.281. The van der Waals surface area contributed by atoms with Crippen LogP contribution in [0.1, 0.15) is 41.4 Å². The molecule has 2 unspecified atom stereocenters. The van der Waals surface area contributed by atoms with Gasteiger partial charge < -0.3 is 5.11 Å². The largest absolute Gasteiger partial charge is 0.392 e. The van der Waals surface area contributed by atoms with Gasteiger partial charge in [-0.3, -0.25) is 10.3 Å². The number of aliphatic hydroxyl groups excluding tert-OH is 1. The zero-order valence-corrected chi connectivity index (χ0v) is 13.8. The van der Waals surface area contributed by atoms with E-state index < -0.39 is 0 Å². The monoisotopic (exact) mass is 318 g/mol. The van der Waals surface area contributed by atoms with Crippen LogP contribution in [0.25, 0.3) is 0 Å². The zero-order valence-electron chi connectivity index (χ0n) is 13.8. The topological polar surface area (TPSA) is 45.2 Å². The second kappa shape index (κ2) is 7.86. The summed E-state index contributed by atoms with van der Waals surface area (Å²) in [6.45, 7) is 2.19. The molecular formula is C21H22N2O. The fraction of sp³-hybridized carbons (Fsp3) is 0.190. The molecule has 0 saturated heterocycles. The van der Waals surface area contributed by atoms with Crippen LogP contribution in [0, 0.1) is 0 Å². The molecule has 0 aliphatic rings. The summed E-state index contributed by atoms with van der Waals surface area (Å²) < 4.78 is 0. The Hall–Kier alpha value is -2.49. The van der Waals surface area contributed by atoms with E-state index in [0.717, 1.165) is 16.8 Å². The van der Waals surface area contributed by atoms with Gasteiger partial charge in [-0.25, -0.2) is 0 Å². The van der Waals surface area contributed by atoms with Crippen LogP contribution in [0.15, 0.2) is 79.0 Å². The fourth-order valence-corrected chi connectivity index (χ4v) is 2.85. The summed E-state index contributed by atoms with van der Waals surface area (Å²) in [7, 11) is 0. The van der Waals surface area contributed by atoms with Gasteiger partial charge in [0.15, 0.2) is 0 Å². The van der Waals surface area contributed by atoms with Crippen molar-refractivity contribution in [2.45, 2.75) is 25.6 Å². The molecule has 3 heteroatoms. The molecule has 2 N–H and O–H groups in total. The number of aromatic nitrogens is 1. The molecule has 0 amide bonds. The lowest BCUT2D eigenvalue weighted by atomic mass is 9.99. The van der Waals surface area contributed by atoms with Gasteiger partial charge in [0.25, 0.3) is 0 Å². The summed E-state index contributed by atoms with van der Waals surface area (Å²) in [4.78, 5) is 4.53. The van der Waals surface area contributed by atoms with Crippen LogP contribution in [0.4, 0.5) is 0 Å². The first kappa shape index (κ1) is 16.4. The van der Waals surface area contributed by atoms with Crippen LogP contribution in [-0.4, -0.2) is 10.1 Å². The molecule has 0 radical (unpaired) electrons. The molecule has 24 heavy (non-hydrogen) atoms. The SMILES string of the molecule is CC(NC(c1ccccc1)c1ccccn1)c1cccc(CO)c1. The second-order valence-corrected chi connectivity index (χ2v) is 5.89. The Kier molecular flexibility index (Phi) is 5.36. The molecule has 3 aromatic rings. The van der Waals surface area contributed by atoms with Gasteiger partial charge in [0.05, 0.1) is 18.3 Å². The maximum atomic E-state index is 9.35. The van der Waals surface area contributed by atoms with E-state index in [4.69, 9.17) is 0 Å². The summed E-state index contributed by atoms with van der Waals surface area (Å²) in [6.07, 6.45) is 1.82. The first-order chi connectivity index (χ1) is 11.8. The van der Waals surface area contributed by atoms with Crippen molar-refractivity contribution < 1.29 is 5.11 Å². The third-order valence-corrected chi connectivity index (χ3v) is 4.17. The lowest BCUT2D eigenvalue weighted by Crippen LogP contribution is -2.26. The highest BCUT2D eigenvalue weighted by atomic mass is 16.3. The Balaban J connectivity index is 1.89. The third kappa shape index (κ3) is 3.88. The van der Waals surface area contributed by atoms with E-state index in [1.54, 1.807) is 0 Å². The highest BCUT2D eigenvalue weighted by molar-refractivity contribution is 5.30. The van der Waals surface area contributed by atoms with Crippen LogP contribution in [0.2, 0.25) is 0 Å². The van der Waals surface area contributed by atoms with Gasteiger partial charge in [0.2, 0.25) is 0 Å². The number of nitrogens with one attached hydrogen (secondary N) is 1. The van der Waals surface area contributed by atoms with Crippen molar-refractivity contribution in [1.29, 1.82) is 0 Å². The summed E-state index contributed by atoms with van der Waals surface area (Å²) in [5.41, 5.74) is 4.25. The number of rotatable bonds is 6. The number of hydrogen-bond acceptors (Lipinski definition) is 3. The van der Waals surface area contributed by atoms with E-state index in [1.807, 2.05) is 60.8 Å². The zero-order chi connectivity index (χ0) is 16.8. The molecule has 0 saturated carbocycles. The van der Waals surface area contributed by atoms with Gasteiger partial charge in [-0.2, -0.15) is 0 Å². The second-order valence-electron chi connectivity index (χ2n) is 5.89. The number of aliphatic hydroxyl groups is 1. The molecule has 0 fully saturated rings. The highest BCUT2D eigenvalue weighted by Crippen LogP contribution is 2.25. The Morgan fingerprint density at radius 3 is 2.38 bits per heavy atom. The molecule has 0 aliphatic heterocycles. The molecule has 0 spiro atoms. The van der Waals surface area contributed by atoms with E-state index in [-0.39, 0.29) is 18.7 Å². The van der Waals surface area contributed by atoms with Crippen molar-refractivity contribution in [1.82, 2.24) is 10.3 Å². The minimum Gasteiger partial charge on any atom is -0.392 e. The average molecular weight is 318 g/mol. The summed E-state index contributed by atoms with van der Waals surface area (Å²) in [5, 5.41) is 13.0. The van der Waals surface area contributed by atoms with E-state index >= 15 is 0 Å². The maximum Gasteiger partial charge on any atom is 0.0756 e. The van der Waals surface area contributed by atoms with Crippen molar-refractivity contribution in [3.63, 3.8) is 0 Å². The van der Waals surface area contributed by atoms with Gasteiger partial charge in [-0.05, 0) is 35.7 Å². The van der Waals surface area contributed by atoms with Crippen LogP contribution in [0.3, 0.4) is 0 Å². The van der Waals surface area contributed by atoms with Gasteiger partial charge in [-0.15, -0.1) is 0 Å². The average Bonchev–Trinajstić information content (AvgIpc) is 2.67. The van der Waals surface area contributed by atoms with Gasteiger partial charge in [0.1, 0.15) is 0 Å². The maximum absolute atomic E-state index is 9.35. The quantitative estimate of drug-likeness (QED) is 0.722.